The lowest BCUT2D eigenvalue weighted by Crippen LogP contribution is -2.56. The summed E-state index contributed by atoms with van der Waals surface area (Å²) in [6, 6.07) is 13.3. The van der Waals surface area contributed by atoms with Crippen LogP contribution in [0.1, 0.15) is 90.3 Å². The van der Waals surface area contributed by atoms with Gasteiger partial charge in [0, 0.05) is 43.1 Å². The first-order chi connectivity index (χ1) is 31.8. The van der Waals surface area contributed by atoms with Crippen molar-refractivity contribution in [3.8, 4) is 28.7 Å². The Labute approximate surface area is 386 Å². The van der Waals surface area contributed by atoms with Crippen LogP contribution in [0.3, 0.4) is 0 Å². The van der Waals surface area contributed by atoms with E-state index in [0.717, 1.165) is 47.7 Å². The topological polar surface area (TPSA) is 270 Å². The van der Waals surface area contributed by atoms with Gasteiger partial charge in [-0.25, -0.2) is 0 Å². The predicted molar refractivity (Wildman–Crippen MR) is 252 cm³/mol. The normalized spacial score (nSPS) is 16.5. The minimum atomic E-state index is -1.39. The molecular weight excluding hydrogens is 841 g/mol. The fraction of sp³-hybridized carbons (Fsp3) is 0.449. The van der Waals surface area contributed by atoms with Crippen molar-refractivity contribution in [1.82, 2.24) is 31.2 Å². The van der Waals surface area contributed by atoms with Crippen molar-refractivity contribution in [2.24, 2.45) is 17.2 Å². The lowest BCUT2D eigenvalue weighted by atomic mass is 9.93. The van der Waals surface area contributed by atoms with E-state index in [-0.39, 0.29) is 52.2 Å². The van der Waals surface area contributed by atoms with Crippen molar-refractivity contribution in [2.45, 2.75) is 96.8 Å². The Morgan fingerprint density at radius 3 is 2.27 bits per heavy atom. The van der Waals surface area contributed by atoms with Gasteiger partial charge >= 0.3 is 0 Å². The van der Waals surface area contributed by atoms with Gasteiger partial charge in [0.25, 0.3) is 5.91 Å². The Bertz CT molecular complexity index is 2440. The van der Waals surface area contributed by atoms with Crippen LogP contribution in [-0.4, -0.2) is 104 Å². The van der Waals surface area contributed by atoms with Gasteiger partial charge in [0.1, 0.15) is 55.4 Å². The summed E-state index contributed by atoms with van der Waals surface area (Å²) in [7, 11) is 1.44. The number of carbonyl (C=O) groups is 5. The van der Waals surface area contributed by atoms with Gasteiger partial charge in [0.2, 0.25) is 23.6 Å². The number of hydrogen-bond donors (Lipinski definition) is 7. The van der Waals surface area contributed by atoms with Crippen LogP contribution in [0.5, 0.6) is 11.5 Å². The first kappa shape index (κ1) is 50.4. The number of nitrogens with one attached hydrogen (secondary N) is 4. The summed E-state index contributed by atoms with van der Waals surface area (Å²) in [6.07, 6.45) is 5.45. The third kappa shape index (κ3) is 12.4. The summed E-state index contributed by atoms with van der Waals surface area (Å²) in [6.45, 7) is 7.68. The predicted octanol–water partition coefficient (Wildman–Crippen LogP) is 3.15. The highest BCUT2D eigenvalue weighted by atomic mass is 16.5. The van der Waals surface area contributed by atoms with Crippen molar-refractivity contribution in [2.75, 3.05) is 46.4 Å². The second kappa shape index (κ2) is 24.1. The van der Waals surface area contributed by atoms with Crippen molar-refractivity contribution < 1.29 is 33.4 Å². The molecule has 352 valence electrons. The number of nitrogens with two attached hydrogens (primary N) is 3. The maximum absolute atomic E-state index is 14.8. The molecule has 1 aliphatic rings. The molecule has 0 spiro atoms. The smallest absolute Gasteiger partial charge is 0.254 e. The second-order valence-corrected chi connectivity index (χ2v) is 16.5. The van der Waals surface area contributed by atoms with Crippen LogP contribution < -0.4 is 47.9 Å². The molecule has 1 aliphatic heterocycles. The van der Waals surface area contributed by atoms with Crippen LogP contribution in [0.4, 0.5) is 0 Å². The van der Waals surface area contributed by atoms with Crippen LogP contribution >= 0.6 is 0 Å². The summed E-state index contributed by atoms with van der Waals surface area (Å²) in [4.78, 5) is 76.9. The van der Waals surface area contributed by atoms with Gasteiger partial charge in [-0.15, -0.1) is 0 Å². The Morgan fingerprint density at radius 2 is 1.61 bits per heavy atom. The first-order valence-electron chi connectivity index (χ1n) is 22.6. The van der Waals surface area contributed by atoms with Gasteiger partial charge in [0.05, 0.1) is 22.8 Å². The number of aryl methyl sites for hydroxylation is 3. The van der Waals surface area contributed by atoms with Gasteiger partial charge in [-0.1, -0.05) is 44.4 Å². The Morgan fingerprint density at radius 1 is 0.909 bits per heavy atom. The molecule has 0 saturated carbocycles. The Hall–Kier alpha value is -6.61. The Kier molecular flexibility index (Phi) is 18.4. The number of carbonyl (C=O) groups excluding carboxylic acids is 5. The lowest BCUT2D eigenvalue weighted by Gasteiger charge is -2.32. The zero-order chi connectivity index (χ0) is 47.9. The molecule has 4 aromatic rings. The van der Waals surface area contributed by atoms with E-state index in [1.165, 1.54) is 25.3 Å². The molecule has 4 unspecified atom stereocenters. The Balaban J connectivity index is 1.58. The van der Waals surface area contributed by atoms with Crippen LogP contribution in [0.15, 0.2) is 54.6 Å². The lowest BCUT2D eigenvalue weighted by molar-refractivity contribution is -0.141. The highest BCUT2D eigenvalue weighted by Gasteiger charge is 2.36. The van der Waals surface area contributed by atoms with Crippen LogP contribution in [-0.2, 0) is 32.0 Å². The summed E-state index contributed by atoms with van der Waals surface area (Å²) >= 11 is 0. The molecule has 17 heteroatoms. The number of benzene rings is 3. The molecule has 0 saturated heterocycles. The third-order valence-corrected chi connectivity index (χ3v) is 11.6. The van der Waals surface area contributed by atoms with E-state index in [9.17, 15) is 29.2 Å². The van der Waals surface area contributed by atoms with Gasteiger partial charge in [-0.2, -0.15) is 5.26 Å². The van der Waals surface area contributed by atoms with E-state index in [2.05, 4.69) is 40.3 Å². The van der Waals surface area contributed by atoms with Gasteiger partial charge < -0.3 is 52.8 Å². The van der Waals surface area contributed by atoms with E-state index in [0.29, 0.717) is 45.0 Å². The van der Waals surface area contributed by atoms with Crippen molar-refractivity contribution in [3.05, 3.63) is 88.1 Å². The number of unbranched alkanes of at least 4 members (excludes halogenated alkanes) is 3. The minimum absolute atomic E-state index is 0.00904. The number of rotatable bonds is 19. The zero-order valence-corrected chi connectivity index (χ0v) is 38.6. The number of likely N-dealkylation sites (N-methyl/N-ethyl adjacent to an activating group) is 1. The molecule has 3 aromatic carbocycles. The van der Waals surface area contributed by atoms with Gasteiger partial charge in [-0.3, -0.25) is 29.0 Å². The maximum Gasteiger partial charge on any atom is 0.254 e. The van der Waals surface area contributed by atoms with E-state index in [1.54, 1.807) is 43.3 Å². The zero-order valence-electron chi connectivity index (χ0n) is 38.6. The van der Waals surface area contributed by atoms with Crippen LogP contribution in [0.2, 0.25) is 0 Å². The van der Waals surface area contributed by atoms with Gasteiger partial charge in [0.15, 0.2) is 0 Å². The molecule has 0 radical (unpaired) electrons. The minimum Gasteiger partial charge on any atom is -0.492 e. The molecule has 5 amide bonds. The number of nitriles is 1. The van der Waals surface area contributed by atoms with E-state index < -0.39 is 53.7 Å². The van der Waals surface area contributed by atoms with Crippen molar-refractivity contribution in [3.63, 3.8) is 0 Å². The molecule has 10 N–H and O–H groups in total. The fourth-order valence-corrected chi connectivity index (χ4v) is 8.23. The molecular formula is C49H64N10O7. The summed E-state index contributed by atoms with van der Waals surface area (Å²) in [5.74, 6) is -2.39. The number of fused-ring (bicyclic) bond motifs is 6. The van der Waals surface area contributed by atoms with E-state index in [4.69, 9.17) is 31.7 Å². The monoisotopic (exact) mass is 904 g/mol. The summed E-state index contributed by atoms with van der Waals surface area (Å²) in [5.41, 5.74) is 23.2. The summed E-state index contributed by atoms with van der Waals surface area (Å²) < 4.78 is 12.2. The molecule has 0 fully saturated rings. The number of hydrogen-bond acceptors (Lipinski definition) is 12. The molecule has 17 nitrogen and oxygen atoms in total. The molecule has 1 aromatic heterocycles. The quantitative estimate of drug-likeness (QED) is 0.0529. The summed E-state index contributed by atoms with van der Waals surface area (Å²) in [5, 5.41) is 20.9. The molecule has 4 bridgehead atoms. The molecule has 5 rings (SSSR count). The fourth-order valence-electron chi connectivity index (χ4n) is 8.23. The largest absolute Gasteiger partial charge is 0.492 e. The van der Waals surface area contributed by atoms with Crippen molar-refractivity contribution >= 4 is 40.4 Å². The molecule has 66 heavy (non-hydrogen) atoms. The van der Waals surface area contributed by atoms with Gasteiger partial charge in [-0.05, 0) is 105 Å². The maximum atomic E-state index is 14.8. The highest BCUT2D eigenvalue weighted by molar-refractivity contribution is 6.04. The van der Waals surface area contributed by atoms with E-state index in [1.807, 2.05) is 19.1 Å². The second-order valence-electron chi connectivity index (χ2n) is 16.5. The van der Waals surface area contributed by atoms with E-state index >= 15 is 0 Å². The first-order valence-corrected chi connectivity index (χ1v) is 22.6. The molecule has 4 atom stereocenters. The molecule has 2 heterocycles. The molecule has 0 aliphatic carbocycles. The third-order valence-electron chi connectivity index (χ3n) is 11.6. The SMILES string of the molecule is CCCCCCc1ccc2nc(C)c(C(=O)NC(CCN)C(=O)N(C)C3C(=O)NC(C)C(=O)NC(C(=O)NCC#N)Cc4ccc(OCCN)c(c4)-c4cc3ccc4OCCN)c(C)c2c1. The standard InChI is InChI=1S/C49H64N10O7/c1-6-7-8-9-10-32-11-14-38-35(25-32)29(2)43(30(3)55-38)47(62)57-39(17-18-50)49(64)59(5)44-34-13-16-42(66-24-21-53)37(28-34)36-26-33(12-15-41(36)65-23-20-52)27-40(46(61)54-22-19-51)58-45(60)31(4)56-48(44)63/h11-16,25-26,28,31,39-40,44H,6-10,17-18,20-24,27,50,52-53H2,1-5H3,(H,54,61)(H,56,63)(H,57,62)(H,58,60). The van der Waals surface area contributed by atoms with Crippen molar-refractivity contribution in [1.29, 1.82) is 5.26 Å². The number of ether oxygens (including phenoxy) is 2. The average Bonchev–Trinajstić information content (AvgIpc) is 3.30. The number of aromatic nitrogens is 1. The average molecular weight is 905 g/mol. The number of nitrogens with zero attached hydrogens (tertiary/aromatic N) is 3. The van der Waals surface area contributed by atoms with Crippen LogP contribution in [0.25, 0.3) is 22.0 Å². The van der Waals surface area contributed by atoms with Crippen LogP contribution in [0, 0.1) is 25.2 Å². The highest BCUT2D eigenvalue weighted by Crippen LogP contribution is 2.40. The number of pyridine rings is 1. The number of amides is 5.